The van der Waals surface area contributed by atoms with Crippen molar-refractivity contribution in [2.75, 3.05) is 47.4 Å². The Morgan fingerprint density at radius 2 is 1.58 bits per heavy atom. The van der Waals surface area contributed by atoms with E-state index in [9.17, 15) is 13.2 Å². The molecule has 8 heteroatoms. The number of Topliss-reactive ketones (excluding diaryl/α,β-unsaturated/α-hetero) is 1. The third-order valence-electron chi connectivity index (χ3n) is 5.27. The van der Waals surface area contributed by atoms with E-state index in [4.69, 9.17) is 4.74 Å². The van der Waals surface area contributed by atoms with Crippen LogP contribution in [0.15, 0.2) is 53.4 Å². The average molecular weight is 448 g/mol. The Kier molecular flexibility index (Phi) is 9.18. The molecule has 0 saturated heterocycles. The second kappa shape index (κ2) is 11.4. The zero-order valence-corrected chi connectivity index (χ0v) is 19.8. The van der Waals surface area contributed by atoms with E-state index in [1.165, 1.54) is 16.4 Å². The smallest absolute Gasteiger partial charge is 0.243 e. The number of hydrogen-bond acceptors (Lipinski definition) is 6. The number of nitrogens with zero attached hydrogens (tertiary/aromatic N) is 2. The maximum atomic E-state index is 12.6. The van der Waals surface area contributed by atoms with Crippen molar-refractivity contribution in [1.82, 2.24) is 14.5 Å². The number of carbonyl (C=O) groups is 1. The number of carbonyl (C=O) groups excluding carboxylic acids is 1. The normalized spacial score (nSPS) is 12.9. The number of methoxy groups -OCH3 is 1. The molecule has 0 fully saturated rings. The summed E-state index contributed by atoms with van der Waals surface area (Å²) in [5, 5.41) is 3.22. The molecule has 0 saturated carbocycles. The Balaban J connectivity index is 1.99. The molecule has 0 amide bonds. The van der Waals surface area contributed by atoms with Crippen molar-refractivity contribution in [3.8, 4) is 5.75 Å². The van der Waals surface area contributed by atoms with Crippen molar-refractivity contribution < 1.29 is 17.9 Å². The fourth-order valence-electron chi connectivity index (χ4n) is 3.37. The van der Waals surface area contributed by atoms with Crippen molar-refractivity contribution >= 4 is 15.8 Å². The summed E-state index contributed by atoms with van der Waals surface area (Å²) in [5.74, 6) is 0.717. The highest BCUT2D eigenvalue weighted by atomic mass is 32.2. The molecular weight excluding hydrogens is 414 g/mol. The number of benzene rings is 2. The van der Waals surface area contributed by atoms with E-state index >= 15 is 0 Å². The van der Waals surface area contributed by atoms with Gasteiger partial charge in [0.1, 0.15) is 5.75 Å². The SMILES string of the molecule is CCN(CC)S(=O)(=O)c1ccc(C(=O)CNCC(c2ccc(OC)cc2)N(C)C)cc1. The monoisotopic (exact) mass is 447 g/mol. The van der Waals surface area contributed by atoms with E-state index in [1.54, 1.807) is 33.1 Å². The van der Waals surface area contributed by atoms with Crippen LogP contribution in [-0.4, -0.2) is 70.8 Å². The van der Waals surface area contributed by atoms with Gasteiger partial charge in [0, 0.05) is 31.2 Å². The summed E-state index contributed by atoms with van der Waals surface area (Å²) in [6.45, 7) is 5.19. The Morgan fingerprint density at radius 3 is 2.06 bits per heavy atom. The molecule has 0 bridgehead atoms. The minimum Gasteiger partial charge on any atom is -0.497 e. The molecule has 31 heavy (non-hydrogen) atoms. The Labute approximate surface area is 186 Å². The van der Waals surface area contributed by atoms with Crippen LogP contribution in [-0.2, 0) is 10.0 Å². The lowest BCUT2D eigenvalue weighted by Crippen LogP contribution is -2.34. The third-order valence-corrected chi connectivity index (χ3v) is 7.33. The maximum absolute atomic E-state index is 12.6. The lowest BCUT2D eigenvalue weighted by Gasteiger charge is -2.25. The highest BCUT2D eigenvalue weighted by Crippen LogP contribution is 2.21. The van der Waals surface area contributed by atoms with Gasteiger partial charge in [-0.05, 0) is 43.9 Å². The van der Waals surface area contributed by atoms with Crippen LogP contribution < -0.4 is 10.1 Å². The number of sulfonamides is 1. The zero-order chi connectivity index (χ0) is 23.0. The molecule has 0 spiro atoms. The summed E-state index contributed by atoms with van der Waals surface area (Å²) in [5.41, 5.74) is 1.61. The minimum atomic E-state index is -3.53. The molecule has 0 radical (unpaired) electrons. The molecule has 0 aromatic heterocycles. The molecule has 1 atom stereocenters. The maximum Gasteiger partial charge on any atom is 0.243 e. The minimum absolute atomic E-state index is 0.0842. The van der Waals surface area contributed by atoms with Crippen molar-refractivity contribution in [2.45, 2.75) is 24.8 Å². The Hall–Kier alpha value is -2.26. The molecular formula is C23H33N3O4S. The van der Waals surface area contributed by atoms with E-state index < -0.39 is 10.0 Å². The summed E-state index contributed by atoms with van der Waals surface area (Å²) >= 11 is 0. The summed E-state index contributed by atoms with van der Waals surface area (Å²) < 4.78 is 31.8. The van der Waals surface area contributed by atoms with Crippen LogP contribution >= 0.6 is 0 Å². The first-order valence-corrected chi connectivity index (χ1v) is 11.8. The molecule has 1 N–H and O–H groups in total. The van der Waals surface area contributed by atoms with E-state index in [-0.39, 0.29) is 23.3 Å². The molecule has 1 unspecified atom stereocenters. The van der Waals surface area contributed by atoms with Gasteiger partial charge in [-0.15, -0.1) is 0 Å². The molecule has 170 valence electrons. The van der Waals surface area contributed by atoms with E-state index in [0.717, 1.165) is 11.3 Å². The molecule has 0 heterocycles. The zero-order valence-electron chi connectivity index (χ0n) is 19.0. The molecule has 7 nitrogen and oxygen atoms in total. The van der Waals surface area contributed by atoms with Gasteiger partial charge in [-0.3, -0.25) is 4.79 Å². The van der Waals surface area contributed by atoms with Gasteiger partial charge in [0.25, 0.3) is 0 Å². The van der Waals surface area contributed by atoms with Gasteiger partial charge in [0.05, 0.1) is 18.6 Å². The fourth-order valence-corrected chi connectivity index (χ4v) is 4.83. The number of ether oxygens (including phenoxy) is 1. The van der Waals surface area contributed by atoms with Gasteiger partial charge in [-0.2, -0.15) is 4.31 Å². The molecule has 0 aliphatic carbocycles. The first-order valence-electron chi connectivity index (χ1n) is 10.4. The van der Waals surface area contributed by atoms with Crippen LogP contribution in [0.5, 0.6) is 5.75 Å². The summed E-state index contributed by atoms with van der Waals surface area (Å²) in [6, 6.07) is 14.1. The van der Waals surface area contributed by atoms with Gasteiger partial charge < -0.3 is 15.0 Å². The van der Waals surface area contributed by atoms with Crippen LogP contribution in [0.4, 0.5) is 0 Å². The lowest BCUT2D eigenvalue weighted by molar-refractivity contribution is 0.0988. The average Bonchev–Trinajstić information content (AvgIpc) is 2.77. The number of likely N-dealkylation sites (N-methyl/N-ethyl adjacent to an activating group) is 1. The van der Waals surface area contributed by atoms with E-state index in [1.807, 2.05) is 38.4 Å². The number of hydrogen-bond donors (Lipinski definition) is 1. The van der Waals surface area contributed by atoms with Gasteiger partial charge in [-0.25, -0.2) is 8.42 Å². The van der Waals surface area contributed by atoms with Crippen molar-refractivity contribution in [2.24, 2.45) is 0 Å². The molecule has 2 aromatic rings. The van der Waals surface area contributed by atoms with Crippen LogP contribution in [0.1, 0.15) is 35.8 Å². The summed E-state index contributed by atoms with van der Waals surface area (Å²) in [7, 11) is 2.10. The predicted molar refractivity (Wildman–Crippen MR) is 123 cm³/mol. The number of ketones is 1. The molecule has 0 aliphatic heterocycles. The highest BCUT2D eigenvalue weighted by Gasteiger charge is 2.22. The second-order valence-corrected chi connectivity index (χ2v) is 9.36. The predicted octanol–water partition coefficient (Wildman–Crippen LogP) is 2.80. The highest BCUT2D eigenvalue weighted by molar-refractivity contribution is 7.89. The third kappa shape index (κ3) is 6.36. The van der Waals surface area contributed by atoms with Gasteiger partial charge in [0.2, 0.25) is 10.0 Å². The molecule has 2 rings (SSSR count). The Bertz CT molecular complexity index is 938. The Morgan fingerprint density at radius 1 is 1.00 bits per heavy atom. The largest absolute Gasteiger partial charge is 0.497 e. The fraction of sp³-hybridized carbons (Fsp3) is 0.435. The van der Waals surface area contributed by atoms with Gasteiger partial charge in [0.15, 0.2) is 5.78 Å². The van der Waals surface area contributed by atoms with E-state index in [2.05, 4.69) is 10.2 Å². The molecule has 2 aromatic carbocycles. The quantitative estimate of drug-likeness (QED) is 0.504. The van der Waals surface area contributed by atoms with Crippen LogP contribution in [0, 0.1) is 0 Å². The first kappa shape index (κ1) is 25.0. The standard InChI is InChI=1S/C23H33N3O4S/c1-6-26(7-2)31(28,29)21-14-10-19(11-15-21)23(27)17-24-16-22(25(3)4)18-8-12-20(30-5)13-9-18/h8-15,22,24H,6-7,16-17H2,1-5H3. The molecule has 0 aliphatic rings. The second-order valence-electron chi connectivity index (χ2n) is 7.42. The number of rotatable bonds is 12. The van der Waals surface area contributed by atoms with Crippen molar-refractivity contribution in [3.05, 3.63) is 59.7 Å². The van der Waals surface area contributed by atoms with Crippen LogP contribution in [0.25, 0.3) is 0 Å². The van der Waals surface area contributed by atoms with E-state index in [0.29, 0.717) is 25.2 Å². The van der Waals surface area contributed by atoms with Gasteiger partial charge in [-0.1, -0.05) is 38.1 Å². The summed E-state index contributed by atoms with van der Waals surface area (Å²) in [4.78, 5) is 14.9. The van der Waals surface area contributed by atoms with Crippen molar-refractivity contribution in [3.63, 3.8) is 0 Å². The van der Waals surface area contributed by atoms with Gasteiger partial charge >= 0.3 is 0 Å². The summed E-state index contributed by atoms with van der Waals surface area (Å²) in [6.07, 6.45) is 0. The van der Waals surface area contributed by atoms with Crippen LogP contribution in [0.3, 0.4) is 0 Å². The lowest BCUT2D eigenvalue weighted by atomic mass is 10.1. The van der Waals surface area contributed by atoms with Crippen molar-refractivity contribution in [1.29, 1.82) is 0 Å². The first-order chi connectivity index (χ1) is 14.7. The topological polar surface area (TPSA) is 79.0 Å². The van der Waals surface area contributed by atoms with Crippen LogP contribution in [0.2, 0.25) is 0 Å². The number of nitrogens with one attached hydrogen (secondary N) is 1.